The predicted octanol–water partition coefficient (Wildman–Crippen LogP) is 2.86. The summed E-state index contributed by atoms with van der Waals surface area (Å²) in [6, 6.07) is 15.6. The van der Waals surface area contributed by atoms with Gasteiger partial charge in [-0.3, -0.25) is 0 Å². The smallest absolute Gasteiger partial charge is 0.184 e. The summed E-state index contributed by atoms with van der Waals surface area (Å²) in [4.78, 5) is 2.62. The SMILES string of the molecule is O=S1(=O)Cc2ccccc2N(CC2CCCN2)c2ccccc21. The van der Waals surface area contributed by atoms with Crippen LogP contribution < -0.4 is 10.2 Å². The van der Waals surface area contributed by atoms with E-state index >= 15 is 0 Å². The van der Waals surface area contributed by atoms with Gasteiger partial charge in [-0.15, -0.1) is 0 Å². The second-order valence-corrected chi connectivity index (χ2v) is 8.22. The Morgan fingerprint density at radius 1 is 1.04 bits per heavy atom. The molecule has 2 aromatic rings. The van der Waals surface area contributed by atoms with Gasteiger partial charge in [-0.05, 0) is 43.1 Å². The average Bonchev–Trinajstić information content (AvgIpc) is 3.03. The zero-order chi connectivity index (χ0) is 15.9. The number of nitrogens with zero attached hydrogens (tertiary/aromatic N) is 1. The van der Waals surface area contributed by atoms with Crippen molar-refractivity contribution >= 4 is 21.2 Å². The van der Waals surface area contributed by atoms with Gasteiger partial charge in [0.1, 0.15) is 0 Å². The van der Waals surface area contributed by atoms with Gasteiger partial charge in [0, 0.05) is 18.3 Å². The normalized spacial score (nSPS) is 22.3. The van der Waals surface area contributed by atoms with Gasteiger partial charge < -0.3 is 10.2 Å². The fourth-order valence-corrected chi connectivity index (χ4v) is 5.17. The molecule has 0 bridgehead atoms. The molecule has 0 aromatic heterocycles. The number of rotatable bonds is 2. The van der Waals surface area contributed by atoms with E-state index in [4.69, 9.17) is 0 Å². The van der Waals surface area contributed by atoms with Crippen LogP contribution in [0.5, 0.6) is 0 Å². The highest BCUT2D eigenvalue weighted by atomic mass is 32.2. The van der Waals surface area contributed by atoms with Crippen molar-refractivity contribution in [3.8, 4) is 0 Å². The average molecular weight is 328 g/mol. The molecule has 1 saturated heterocycles. The van der Waals surface area contributed by atoms with E-state index in [2.05, 4.69) is 10.2 Å². The first-order chi connectivity index (χ1) is 11.1. The van der Waals surface area contributed by atoms with Crippen molar-refractivity contribution in [2.24, 2.45) is 0 Å². The van der Waals surface area contributed by atoms with Gasteiger partial charge in [0.05, 0.1) is 16.3 Å². The molecule has 2 aromatic carbocycles. The van der Waals surface area contributed by atoms with Crippen LogP contribution in [0.1, 0.15) is 18.4 Å². The Hall–Kier alpha value is -1.85. The summed E-state index contributed by atoms with van der Waals surface area (Å²) in [6.07, 6.45) is 2.31. The standard InChI is InChI=1S/C18H20N2O2S/c21-23(22)13-14-6-1-2-8-16(14)20(12-15-7-5-11-19-15)17-9-3-4-10-18(17)23/h1-4,6,8-10,15,19H,5,7,11-13H2. The highest BCUT2D eigenvalue weighted by Crippen LogP contribution is 2.39. The van der Waals surface area contributed by atoms with Crippen LogP contribution in [0.2, 0.25) is 0 Å². The fourth-order valence-electron chi connectivity index (χ4n) is 3.58. The van der Waals surface area contributed by atoms with Crippen LogP contribution in [0, 0.1) is 0 Å². The summed E-state index contributed by atoms with van der Waals surface area (Å²) in [5.74, 6) is 0.0643. The Morgan fingerprint density at radius 2 is 1.78 bits per heavy atom. The molecule has 4 nitrogen and oxygen atoms in total. The van der Waals surface area contributed by atoms with Crippen LogP contribution in [0.3, 0.4) is 0 Å². The summed E-state index contributed by atoms with van der Waals surface area (Å²) in [7, 11) is -3.32. The molecule has 0 spiro atoms. The van der Waals surface area contributed by atoms with Crippen LogP contribution in [-0.2, 0) is 15.6 Å². The van der Waals surface area contributed by atoms with Gasteiger partial charge in [-0.2, -0.15) is 0 Å². The molecule has 2 aliphatic heterocycles. The molecule has 4 rings (SSSR count). The van der Waals surface area contributed by atoms with Gasteiger partial charge in [0.25, 0.3) is 0 Å². The monoisotopic (exact) mass is 328 g/mol. The minimum atomic E-state index is -3.32. The van der Waals surface area contributed by atoms with Crippen LogP contribution in [-0.4, -0.2) is 27.5 Å². The van der Waals surface area contributed by atoms with Crippen LogP contribution in [0.15, 0.2) is 53.4 Å². The number of benzene rings is 2. The lowest BCUT2D eigenvalue weighted by molar-refractivity contribution is 0.594. The first-order valence-electron chi connectivity index (χ1n) is 8.06. The van der Waals surface area contributed by atoms with E-state index in [0.717, 1.165) is 36.4 Å². The third-order valence-electron chi connectivity index (χ3n) is 4.68. The molecule has 0 radical (unpaired) electrons. The zero-order valence-electron chi connectivity index (χ0n) is 12.9. The molecule has 0 amide bonds. The first-order valence-corrected chi connectivity index (χ1v) is 9.71. The lowest BCUT2D eigenvalue weighted by Gasteiger charge is -2.29. The summed E-state index contributed by atoms with van der Waals surface area (Å²) < 4.78 is 25.6. The number of hydrogen-bond acceptors (Lipinski definition) is 4. The molecule has 0 aliphatic carbocycles. The molecule has 2 aliphatic rings. The lowest BCUT2D eigenvalue weighted by Crippen LogP contribution is -2.35. The zero-order valence-corrected chi connectivity index (χ0v) is 13.7. The minimum Gasteiger partial charge on any atom is -0.339 e. The van der Waals surface area contributed by atoms with Crippen molar-refractivity contribution < 1.29 is 8.42 Å². The first kappa shape index (κ1) is 14.7. The summed E-state index contributed by atoms with van der Waals surface area (Å²) in [5, 5.41) is 3.52. The topological polar surface area (TPSA) is 49.4 Å². The van der Waals surface area contributed by atoms with E-state index in [9.17, 15) is 8.42 Å². The molecule has 1 atom stereocenters. The van der Waals surface area contributed by atoms with Crippen molar-refractivity contribution in [1.29, 1.82) is 0 Å². The maximum absolute atomic E-state index is 12.8. The van der Waals surface area contributed by atoms with Gasteiger partial charge >= 0.3 is 0 Å². The van der Waals surface area contributed by atoms with Gasteiger partial charge in [0.2, 0.25) is 0 Å². The Bertz CT molecular complexity index is 826. The fraction of sp³-hybridized carbons (Fsp3) is 0.333. The van der Waals surface area contributed by atoms with Crippen molar-refractivity contribution in [1.82, 2.24) is 5.32 Å². The van der Waals surface area contributed by atoms with Crippen molar-refractivity contribution in [2.75, 3.05) is 18.0 Å². The van der Waals surface area contributed by atoms with Crippen LogP contribution >= 0.6 is 0 Å². The van der Waals surface area contributed by atoms with E-state index in [-0.39, 0.29) is 5.75 Å². The molecule has 1 unspecified atom stereocenters. The number of anilines is 2. The van der Waals surface area contributed by atoms with Crippen molar-refractivity contribution in [2.45, 2.75) is 29.5 Å². The van der Waals surface area contributed by atoms with E-state index in [1.54, 1.807) is 12.1 Å². The largest absolute Gasteiger partial charge is 0.339 e. The Balaban J connectivity index is 1.89. The predicted molar refractivity (Wildman–Crippen MR) is 91.8 cm³/mol. The molecule has 120 valence electrons. The molecule has 23 heavy (non-hydrogen) atoms. The maximum Gasteiger partial charge on any atom is 0.184 e. The maximum atomic E-state index is 12.8. The molecule has 1 fully saturated rings. The van der Waals surface area contributed by atoms with E-state index in [1.807, 2.05) is 36.4 Å². The highest BCUT2D eigenvalue weighted by Gasteiger charge is 2.30. The molecule has 5 heteroatoms. The molecular formula is C18H20N2O2S. The Morgan fingerprint density at radius 3 is 2.57 bits per heavy atom. The minimum absolute atomic E-state index is 0.0643. The van der Waals surface area contributed by atoms with E-state index < -0.39 is 9.84 Å². The van der Waals surface area contributed by atoms with Crippen LogP contribution in [0.4, 0.5) is 11.4 Å². The highest BCUT2D eigenvalue weighted by molar-refractivity contribution is 7.90. The Labute approximate surface area is 137 Å². The molecular weight excluding hydrogens is 308 g/mol. The molecule has 0 saturated carbocycles. The number of hydrogen-bond donors (Lipinski definition) is 1. The molecule has 2 heterocycles. The number of fused-ring (bicyclic) bond motifs is 2. The van der Waals surface area contributed by atoms with E-state index in [0.29, 0.717) is 10.9 Å². The number of para-hydroxylation sites is 2. The second kappa shape index (κ2) is 5.65. The summed E-state index contributed by atoms with van der Waals surface area (Å²) in [6.45, 7) is 1.84. The second-order valence-electron chi connectivity index (χ2n) is 6.26. The Kier molecular flexibility index (Phi) is 3.62. The van der Waals surface area contributed by atoms with Crippen molar-refractivity contribution in [3.05, 3.63) is 54.1 Å². The number of sulfone groups is 1. The summed E-state index contributed by atoms with van der Waals surface area (Å²) >= 11 is 0. The van der Waals surface area contributed by atoms with Gasteiger partial charge in [-0.25, -0.2) is 8.42 Å². The lowest BCUT2D eigenvalue weighted by atomic mass is 10.1. The quantitative estimate of drug-likeness (QED) is 0.921. The molecule has 1 N–H and O–H groups in total. The summed E-state index contributed by atoms with van der Waals surface area (Å²) in [5.41, 5.74) is 2.68. The van der Waals surface area contributed by atoms with Gasteiger partial charge in [0.15, 0.2) is 9.84 Å². The van der Waals surface area contributed by atoms with E-state index in [1.165, 1.54) is 6.42 Å². The number of nitrogens with one attached hydrogen (secondary N) is 1. The van der Waals surface area contributed by atoms with Crippen molar-refractivity contribution in [3.63, 3.8) is 0 Å². The third kappa shape index (κ3) is 2.64. The van der Waals surface area contributed by atoms with Gasteiger partial charge in [-0.1, -0.05) is 30.3 Å². The van der Waals surface area contributed by atoms with Crippen LogP contribution in [0.25, 0.3) is 0 Å². The third-order valence-corrected chi connectivity index (χ3v) is 6.39.